The van der Waals surface area contributed by atoms with Gasteiger partial charge in [0.05, 0.1) is 0 Å². The number of nitrogens with two attached hydrogens (primary N) is 1. The van der Waals surface area contributed by atoms with Gasteiger partial charge >= 0.3 is 6.03 Å². The maximum atomic E-state index is 11.5. The predicted molar refractivity (Wildman–Crippen MR) is 76.0 cm³/mol. The average molecular weight is 263 g/mol. The van der Waals surface area contributed by atoms with Crippen LogP contribution in [0.2, 0.25) is 0 Å². The molecule has 0 bridgehead atoms. The fraction of sp³-hybridized carbons (Fsp3) is 0.429. The molecule has 3 amide bonds. The summed E-state index contributed by atoms with van der Waals surface area (Å²) in [5.74, 6) is 0.0723. The molecule has 0 unspecified atom stereocenters. The first-order chi connectivity index (χ1) is 8.93. The SMILES string of the molecule is CC[C@@H](C)c1ccc(N[C@H](C)C(=O)NC(N)=O)cc1. The molecular formula is C14H21N3O2. The van der Waals surface area contributed by atoms with E-state index in [1.54, 1.807) is 6.92 Å². The summed E-state index contributed by atoms with van der Waals surface area (Å²) in [6.07, 6.45) is 1.09. The van der Waals surface area contributed by atoms with Crippen molar-refractivity contribution in [2.24, 2.45) is 5.73 Å². The van der Waals surface area contributed by atoms with Gasteiger partial charge in [0, 0.05) is 5.69 Å². The van der Waals surface area contributed by atoms with Crippen LogP contribution in [-0.4, -0.2) is 18.0 Å². The van der Waals surface area contributed by atoms with Crippen LogP contribution in [0, 0.1) is 0 Å². The molecule has 0 fully saturated rings. The molecule has 1 rings (SSSR count). The molecule has 19 heavy (non-hydrogen) atoms. The fourth-order valence-electron chi connectivity index (χ4n) is 1.69. The molecule has 2 atom stereocenters. The molecule has 0 heterocycles. The molecule has 0 radical (unpaired) electrons. The lowest BCUT2D eigenvalue weighted by molar-refractivity contribution is -0.120. The van der Waals surface area contributed by atoms with Gasteiger partial charge in [0.25, 0.3) is 0 Å². The van der Waals surface area contributed by atoms with Crippen molar-refractivity contribution in [1.82, 2.24) is 5.32 Å². The van der Waals surface area contributed by atoms with Gasteiger partial charge in [-0.25, -0.2) is 4.79 Å². The Kier molecular flexibility index (Phi) is 5.36. The van der Waals surface area contributed by atoms with Gasteiger partial charge in [-0.2, -0.15) is 0 Å². The van der Waals surface area contributed by atoms with Gasteiger partial charge in [0.2, 0.25) is 5.91 Å². The maximum absolute atomic E-state index is 11.5. The summed E-state index contributed by atoms with van der Waals surface area (Å²) in [6, 6.07) is 6.56. The van der Waals surface area contributed by atoms with Crippen molar-refractivity contribution in [3.8, 4) is 0 Å². The van der Waals surface area contributed by atoms with Crippen molar-refractivity contribution in [3.05, 3.63) is 29.8 Å². The number of nitrogens with one attached hydrogen (secondary N) is 2. The predicted octanol–water partition coefficient (Wildman–Crippen LogP) is 2.20. The fourth-order valence-corrected chi connectivity index (χ4v) is 1.69. The zero-order valence-corrected chi connectivity index (χ0v) is 11.6. The topological polar surface area (TPSA) is 84.2 Å². The van der Waals surface area contributed by atoms with Crippen LogP contribution in [0.25, 0.3) is 0 Å². The number of benzene rings is 1. The Morgan fingerprint density at radius 3 is 2.26 bits per heavy atom. The molecule has 104 valence electrons. The van der Waals surface area contributed by atoms with E-state index in [-0.39, 0.29) is 0 Å². The van der Waals surface area contributed by atoms with Crippen molar-refractivity contribution >= 4 is 17.6 Å². The van der Waals surface area contributed by atoms with Crippen molar-refractivity contribution in [2.45, 2.75) is 39.2 Å². The van der Waals surface area contributed by atoms with Crippen LogP contribution in [0.4, 0.5) is 10.5 Å². The Labute approximate surface area is 113 Å². The smallest absolute Gasteiger partial charge is 0.318 e. The summed E-state index contributed by atoms with van der Waals surface area (Å²) in [7, 11) is 0. The molecular weight excluding hydrogens is 242 g/mol. The monoisotopic (exact) mass is 263 g/mol. The van der Waals surface area contributed by atoms with E-state index in [1.165, 1.54) is 5.56 Å². The van der Waals surface area contributed by atoms with Crippen molar-refractivity contribution < 1.29 is 9.59 Å². The van der Waals surface area contributed by atoms with Crippen LogP contribution < -0.4 is 16.4 Å². The number of amides is 3. The first-order valence-corrected chi connectivity index (χ1v) is 6.40. The summed E-state index contributed by atoms with van der Waals surface area (Å²) in [6.45, 7) is 5.99. The summed E-state index contributed by atoms with van der Waals surface area (Å²) < 4.78 is 0. The first-order valence-electron chi connectivity index (χ1n) is 6.40. The minimum atomic E-state index is -0.842. The van der Waals surface area contributed by atoms with Gasteiger partial charge < -0.3 is 11.1 Å². The normalized spacial score (nSPS) is 13.4. The minimum Gasteiger partial charge on any atom is -0.374 e. The molecule has 0 aliphatic rings. The second kappa shape index (κ2) is 6.78. The molecule has 5 nitrogen and oxygen atoms in total. The van der Waals surface area contributed by atoms with Gasteiger partial charge in [-0.05, 0) is 37.0 Å². The summed E-state index contributed by atoms with van der Waals surface area (Å²) in [4.78, 5) is 22.1. The number of carbonyl (C=O) groups excluding carboxylic acids is 2. The number of primary amides is 1. The molecule has 0 aliphatic heterocycles. The third kappa shape index (κ3) is 4.62. The quantitative estimate of drug-likeness (QED) is 0.761. The second-order valence-electron chi connectivity index (χ2n) is 4.65. The number of anilines is 1. The molecule has 1 aromatic carbocycles. The molecule has 0 spiro atoms. The molecule has 0 aromatic heterocycles. The molecule has 0 aliphatic carbocycles. The zero-order valence-electron chi connectivity index (χ0n) is 11.6. The highest BCUT2D eigenvalue weighted by molar-refractivity contribution is 5.97. The molecule has 0 saturated carbocycles. The van der Waals surface area contributed by atoms with Crippen LogP contribution in [-0.2, 0) is 4.79 Å². The van der Waals surface area contributed by atoms with Crippen LogP contribution >= 0.6 is 0 Å². The lowest BCUT2D eigenvalue weighted by Gasteiger charge is -2.15. The van der Waals surface area contributed by atoms with E-state index in [2.05, 4.69) is 19.2 Å². The first kappa shape index (κ1) is 15.0. The van der Waals surface area contributed by atoms with E-state index >= 15 is 0 Å². The number of hydrogen-bond acceptors (Lipinski definition) is 3. The summed E-state index contributed by atoms with van der Waals surface area (Å²) >= 11 is 0. The largest absolute Gasteiger partial charge is 0.374 e. The number of carbonyl (C=O) groups is 2. The maximum Gasteiger partial charge on any atom is 0.318 e. The van der Waals surface area contributed by atoms with Crippen molar-refractivity contribution in [2.75, 3.05) is 5.32 Å². The Bertz CT molecular complexity index is 443. The lowest BCUT2D eigenvalue weighted by Crippen LogP contribution is -2.43. The van der Waals surface area contributed by atoms with E-state index in [9.17, 15) is 9.59 Å². The number of rotatable bonds is 5. The summed E-state index contributed by atoms with van der Waals surface area (Å²) in [5.41, 5.74) is 6.99. The number of imide groups is 1. The number of hydrogen-bond donors (Lipinski definition) is 3. The van der Waals surface area contributed by atoms with Gasteiger partial charge in [-0.1, -0.05) is 26.0 Å². The second-order valence-corrected chi connectivity index (χ2v) is 4.65. The van der Waals surface area contributed by atoms with E-state index < -0.39 is 18.0 Å². The molecule has 4 N–H and O–H groups in total. The highest BCUT2D eigenvalue weighted by Crippen LogP contribution is 2.20. The van der Waals surface area contributed by atoms with Gasteiger partial charge in [-0.3, -0.25) is 10.1 Å². The third-order valence-electron chi connectivity index (χ3n) is 3.11. The standard InChI is InChI=1S/C14H21N3O2/c1-4-9(2)11-5-7-12(8-6-11)16-10(3)13(18)17-14(15)19/h5-10,16H,4H2,1-3H3,(H3,15,17,18,19)/t9-,10-/m1/s1. The Morgan fingerprint density at radius 1 is 1.21 bits per heavy atom. The van der Waals surface area contributed by atoms with Crippen LogP contribution in [0.15, 0.2) is 24.3 Å². The highest BCUT2D eigenvalue weighted by Gasteiger charge is 2.14. The molecule has 1 aromatic rings. The Balaban J connectivity index is 2.62. The van der Waals surface area contributed by atoms with Crippen molar-refractivity contribution in [3.63, 3.8) is 0 Å². The third-order valence-corrected chi connectivity index (χ3v) is 3.11. The van der Waals surface area contributed by atoms with Crippen LogP contribution in [0.1, 0.15) is 38.7 Å². The van der Waals surface area contributed by atoms with Gasteiger partial charge in [0.1, 0.15) is 6.04 Å². The van der Waals surface area contributed by atoms with Crippen LogP contribution in [0.5, 0.6) is 0 Å². The van der Waals surface area contributed by atoms with E-state index in [1.807, 2.05) is 29.6 Å². The number of urea groups is 1. The lowest BCUT2D eigenvalue weighted by atomic mass is 9.98. The molecule has 5 heteroatoms. The molecule has 0 saturated heterocycles. The van der Waals surface area contributed by atoms with Gasteiger partial charge in [0.15, 0.2) is 0 Å². The van der Waals surface area contributed by atoms with Crippen LogP contribution in [0.3, 0.4) is 0 Å². The van der Waals surface area contributed by atoms with E-state index in [4.69, 9.17) is 5.73 Å². The minimum absolute atomic E-state index is 0.446. The Hall–Kier alpha value is -2.04. The van der Waals surface area contributed by atoms with Gasteiger partial charge in [-0.15, -0.1) is 0 Å². The van der Waals surface area contributed by atoms with E-state index in [0.717, 1.165) is 12.1 Å². The Morgan fingerprint density at radius 2 is 1.79 bits per heavy atom. The van der Waals surface area contributed by atoms with E-state index in [0.29, 0.717) is 5.92 Å². The van der Waals surface area contributed by atoms with Crippen molar-refractivity contribution in [1.29, 1.82) is 0 Å². The average Bonchev–Trinajstić information content (AvgIpc) is 2.37. The summed E-state index contributed by atoms with van der Waals surface area (Å²) in [5, 5.41) is 5.05. The zero-order chi connectivity index (χ0) is 14.4. The highest BCUT2D eigenvalue weighted by atomic mass is 16.2.